The van der Waals surface area contributed by atoms with Crippen LogP contribution in [-0.4, -0.2) is 67.0 Å². The van der Waals surface area contributed by atoms with Crippen LogP contribution in [0.3, 0.4) is 0 Å². The molecule has 1 aliphatic rings. The number of thiazole rings is 1. The Bertz CT molecular complexity index is 1130. The van der Waals surface area contributed by atoms with E-state index in [9.17, 15) is 9.90 Å². The second kappa shape index (κ2) is 12.7. The molecule has 1 aromatic heterocycles. The van der Waals surface area contributed by atoms with Crippen LogP contribution in [0.25, 0.3) is 11.3 Å². The highest BCUT2D eigenvalue weighted by molar-refractivity contribution is 7.14. The van der Waals surface area contributed by atoms with Gasteiger partial charge < -0.3 is 19.3 Å². The van der Waals surface area contributed by atoms with Crippen molar-refractivity contribution in [2.75, 3.05) is 45.3 Å². The van der Waals surface area contributed by atoms with Crippen molar-refractivity contribution in [1.82, 2.24) is 9.88 Å². The predicted octanol–water partition coefficient (Wildman–Crippen LogP) is 4.70. The minimum Gasteiger partial charge on any atom is -0.496 e. The third kappa shape index (κ3) is 6.96. The number of aliphatic hydroxyl groups is 1. The smallest absolute Gasteiger partial charge is 0.257 e. The number of aromatic nitrogens is 1. The molecular formula is C27H33N3O5S. The summed E-state index contributed by atoms with van der Waals surface area (Å²) < 4.78 is 17.1. The van der Waals surface area contributed by atoms with E-state index < -0.39 is 0 Å². The second-order valence-corrected chi connectivity index (χ2v) is 9.51. The number of hydrogen-bond acceptors (Lipinski definition) is 8. The second-order valence-electron chi connectivity index (χ2n) is 8.65. The van der Waals surface area contributed by atoms with Gasteiger partial charge in [0.15, 0.2) is 5.13 Å². The number of rotatable bonds is 11. The van der Waals surface area contributed by atoms with Gasteiger partial charge in [-0.1, -0.05) is 6.92 Å². The fourth-order valence-electron chi connectivity index (χ4n) is 3.96. The molecule has 2 N–H and O–H groups in total. The topological polar surface area (TPSA) is 93.2 Å². The molecule has 0 saturated carbocycles. The van der Waals surface area contributed by atoms with Gasteiger partial charge in [-0.25, -0.2) is 4.98 Å². The third-order valence-corrected chi connectivity index (χ3v) is 6.75. The highest BCUT2D eigenvalue weighted by Crippen LogP contribution is 2.35. The molecule has 192 valence electrons. The fourth-order valence-corrected chi connectivity index (χ4v) is 4.66. The Labute approximate surface area is 215 Å². The van der Waals surface area contributed by atoms with Gasteiger partial charge in [-0.2, -0.15) is 0 Å². The summed E-state index contributed by atoms with van der Waals surface area (Å²) in [7, 11) is 1.62. The van der Waals surface area contributed by atoms with Crippen LogP contribution < -0.4 is 19.5 Å². The molecule has 1 saturated heterocycles. The quantitative estimate of drug-likeness (QED) is 0.386. The van der Waals surface area contributed by atoms with E-state index in [1.807, 2.05) is 23.6 Å². The van der Waals surface area contributed by atoms with Crippen molar-refractivity contribution in [3.8, 4) is 28.5 Å². The molecule has 0 spiro atoms. The molecule has 2 heterocycles. The molecule has 0 aliphatic carbocycles. The molecule has 9 heteroatoms. The molecule has 1 amide bonds. The number of carbonyl (C=O) groups excluding carboxylic acids is 1. The number of nitrogens with one attached hydrogen (secondary N) is 1. The standard InChI is InChI=1S/C27H33N3O5S/c1-3-15-34-22-8-9-25(33-2)23(17-22)24-18-36-27(28-24)29-26(32)19-4-6-21(7-5-19)35-16-14-30-12-10-20(31)11-13-30/h4-9,17-18,20,31H,3,10-16H2,1-2H3,(H,28,29,32). The van der Waals surface area contributed by atoms with Gasteiger partial charge in [-0.05, 0) is 61.7 Å². The van der Waals surface area contributed by atoms with Crippen molar-refractivity contribution in [2.24, 2.45) is 0 Å². The van der Waals surface area contributed by atoms with E-state index in [0.29, 0.717) is 35.4 Å². The maximum Gasteiger partial charge on any atom is 0.257 e. The zero-order valence-electron chi connectivity index (χ0n) is 20.7. The summed E-state index contributed by atoms with van der Waals surface area (Å²) in [6.07, 6.45) is 2.39. The first kappa shape index (κ1) is 25.9. The highest BCUT2D eigenvalue weighted by Gasteiger charge is 2.17. The molecule has 0 atom stereocenters. The Morgan fingerprint density at radius 1 is 1.11 bits per heavy atom. The fraction of sp³-hybridized carbons (Fsp3) is 0.407. The summed E-state index contributed by atoms with van der Waals surface area (Å²) in [6, 6.07) is 12.7. The molecule has 8 nitrogen and oxygen atoms in total. The average molecular weight is 512 g/mol. The molecule has 0 radical (unpaired) electrons. The molecule has 4 rings (SSSR count). The Morgan fingerprint density at radius 2 is 1.83 bits per heavy atom. The zero-order chi connectivity index (χ0) is 25.3. The van der Waals surface area contributed by atoms with E-state index in [1.165, 1.54) is 11.3 Å². The summed E-state index contributed by atoms with van der Waals surface area (Å²) in [5.74, 6) is 1.93. The number of likely N-dealkylation sites (tertiary alicyclic amines) is 1. The number of aliphatic hydroxyl groups excluding tert-OH is 1. The van der Waals surface area contributed by atoms with E-state index >= 15 is 0 Å². The number of benzene rings is 2. The number of piperidine rings is 1. The van der Waals surface area contributed by atoms with Crippen molar-refractivity contribution >= 4 is 22.4 Å². The number of carbonyl (C=O) groups is 1. The van der Waals surface area contributed by atoms with E-state index in [4.69, 9.17) is 14.2 Å². The van der Waals surface area contributed by atoms with Crippen molar-refractivity contribution in [1.29, 1.82) is 0 Å². The SMILES string of the molecule is CCCOc1ccc(OC)c(-c2csc(NC(=O)c3ccc(OCCN4CCC(O)CC4)cc3)n2)c1. The zero-order valence-corrected chi connectivity index (χ0v) is 21.6. The van der Waals surface area contributed by atoms with Gasteiger partial charge in [0.1, 0.15) is 23.9 Å². The van der Waals surface area contributed by atoms with E-state index in [2.05, 4.69) is 22.1 Å². The molecule has 36 heavy (non-hydrogen) atoms. The van der Waals surface area contributed by atoms with Gasteiger partial charge in [0.2, 0.25) is 0 Å². The van der Waals surface area contributed by atoms with Crippen LogP contribution in [0.15, 0.2) is 47.8 Å². The Kier molecular flexibility index (Phi) is 9.16. The number of anilines is 1. The van der Waals surface area contributed by atoms with Crippen molar-refractivity contribution in [2.45, 2.75) is 32.3 Å². The minimum atomic E-state index is -0.235. The summed E-state index contributed by atoms with van der Waals surface area (Å²) >= 11 is 1.35. The first-order valence-electron chi connectivity index (χ1n) is 12.3. The molecular weight excluding hydrogens is 478 g/mol. The van der Waals surface area contributed by atoms with Gasteiger partial charge in [0, 0.05) is 36.1 Å². The average Bonchev–Trinajstić information content (AvgIpc) is 3.37. The van der Waals surface area contributed by atoms with E-state index in [0.717, 1.165) is 56.0 Å². The highest BCUT2D eigenvalue weighted by atomic mass is 32.1. The third-order valence-electron chi connectivity index (χ3n) is 5.99. The number of nitrogens with zero attached hydrogens (tertiary/aromatic N) is 2. The first-order chi connectivity index (χ1) is 17.6. The van der Waals surface area contributed by atoms with Gasteiger partial charge in [-0.3, -0.25) is 15.0 Å². The van der Waals surface area contributed by atoms with Gasteiger partial charge in [0.05, 0.1) is 25.5 Å². The number of hydrogen-bond donors (Lipinski definition) is 2. The van der Waals surface area contributed by atoms with Crippen LogP contribution >= 0.6 is 11.3 Å². The van der Waals surface area contributed by atoms with Crippen LogP contribution in [0, 0.1) is 0 Å². The maximum absolute atomic E-state index is 12.8. The van der Waals surface area contributed by atoms with Crippen molar-refractivity contribution < 1.29 is 24.1 Å². The summed E-state index contributed by atoms with van der Waals surface area (Å²) in [5, 5.41) is 14.9. The monoisotopic (exact) mass is 511 g/mol. The minimum absolute atomic E-state index is 0.170. The van der Waals surface area contributed by atoms with Crippen molar-refractivity contribution in [3.63, 3.8) is 0 Å². The van der Waals surface area contributed by atoms with Crippen molar-refractivity contribution in [3.05, 3.63) is 53.4 Å². The van der Waals surface area contributed by atoms with Crippen LogP contribution in [0.5, 0.6) is 17.2 Å². The molecule has 0 unspecified atom stereocenters. The Morgan fingerprint density at radius 3 is 2.56 bits per heavy atom. The summed E-state index contributed by atoms with van der Waals surface area (Å²) in [5.41, 5.74) is 2.04. The van der Waals surface area contributed by atoms with E-state index in [-0.39, 0.29) is 12.0 Å². The normalized spacial score (nSPS) is 14.4. The number of ether oxygens (including phenoxy) is 3. The molecule has 1 fully saturated rings. The lowest BCUT2D eigenvalue weighted by molar-refractivity contribution is 0.0755. The Hall–Kier alpha value is -3.14. The lowest BCUT2D eigenvalue weighted by Crippen LogP contribution is -2.38. The first-order valence-corrected chi connectivity index (χ1v) is 13.1. The largest absolute Gasteiger partial charge is 0.496 e. The molecule has 1 aliphatic heterocycles. The predicted molar refractivity (Wildman–Crippen MR) is 141 cm³/mol. The van der Waals surface area contributed by atoms with Crippen LogP contribution in [0.1, 0.15) is 36.5 Å². The van der Waals surface area contributed by atoms with Gasteiger partial charge >= 0.3 is 0 Å². The van der Waals surface area contributed by atoms with Crippen LogP contribution in [0.4, 0.5) is 5.13 Å². The van der Waals surface area contributed by atoms with Gasteiger partial charge in [0.25, 0.3) is 5.91 Å². The van der Waals surface area contributed by atoms with Crippen LogP contribution in [0.2, 0.25) is 0 Å². The maximum atomic E-state index is 12.8. The lowest BCUT2D eigenvalue weighted by atomic mass is 10.1. The van der Waals surface area contributed by atoms with E-state index in [1.54, 1.807) is 31.4 Å². The summed E-state index contributed by atoms with van der Waals surface area (Å²) in [4.78, 5) is 19.6. The molecule has 0 bridgehead atoms. The Balaban J connectivity index is 1.32. The summed E-state index contributed by atoms with van der Waals surface area (Å²) in [6.45, 7) is 5.87. The lowest BCUT2D eigenvalue weighted by Gasteiger charge is -2.29. The van der Waals surface area contributed by atoms with Gasteiger partial charge in [-0.15, -0.1) is 11.3 Å². The van der Waals surface area contributed by atoms with Crippen LogP contribution in [-0.2, 0) is 0 Å². The number of amides is 1. The molecule has 2 aromatic carbocycles. The molecule has 3 aromatic rings. The number of methoxy groups -OCH3 is 1.